The van der Waals surface area contributed by atoms with Gasteiger partial charge in [-0.1, -0.05) is 212 Å². The number of hydrogen-bond acceptors (Lipinski definition) is 3. The minimum absolute atomic E-state index is 0.237. The zero-order valence-corrected chi connectivity index (χ0v) is 37.5. The summed E-state index contributed by atoms with van der Waals surface area (Å²) in [5.74, 6) is 0.773. The van der Waals surface area contributed by atoms with Gasteiger partial charge in [0.05, 0.1) is 38.8 Å². The molecule has 6 heteroatoms. The molecule has 0 aliphatic carbocycles. The molecule has 13 aromatic rings. The summed E-state index contributed by atoms with van der Waals surface area (Å²) < 4.78 is 7.44. The highest BCUT2D eigenvalue weighted by atomic mass is 15.4. The van der Waals surface area contributed by atoms with E-state index in [-0.39, 0.29) is 12.3 Å². The van der Waals surface area contributed by atoms with E-state index < -0.39 is 0 Å². The van der Waals surface area contributed by atoms with E-state index >= 15 is 0 Å². The van der Waals surface area contributed by atoms with Crippen LogP contribution in [0.3, 0.4) is 0 Å². The van der Waals surface area contributed by atoms with Gasteiger partial charge in [0.25, 0.3) is 0 Å². The number of aromatic nitrogens is 3. The fraction of sp³-hybridized carbons (Fsp3) is 0.0317. The molecule has 2 atom stereocenters. The average molecular weight is 885 g/mol. The van der Waals surface area contributed by atoms with Crippen molar-refractivity contribution in [2.45, 2.75) is 12.3 Å². The maximum absolute atomic E-state index is 5.68. The highest BCUT2D eigenvalue weighted by Crippen LogP contribution is 2.46. The number of nitrogens with zero attached hydrogens (tertiary/aromatic N) is 4. The van der Waals surface area contributed by atoms with Gasteiger partial charge in [-0.3, -0.25) is 9.88 Å². The number of para-hydroxylation sites is 4. The lowest BCUT2D eigenvalue weighted by Crippen LogP contribution is -2.47. The van der Waals surface area contributed by atoms with E-state index in [1.807, 2.05) is 0 Å². The fourth-order valence-corrected chi connectivity index (χ4v) is 11.0. The molecule has 4 heterocycles. The summed E-state index contributed by atoms with van der Waals surface area (Å²) in [5.41, 5.74) is 15.8. The summed E-state index contributed by atoms with van der Waals surface area (Å²) in [6, 6.07) is 87.6. The Morgan fingerprint density at radius 2 is 0.797 bits per heavy atom. The quantitative estimate of drug-likeness (QED) is 0.175. The summed E-state index contributed by atoms with van der Waals surface area (Å²) in [7, 11) is 0. The third-order valence-electron chi connectivity index (χ3n) is 14.1. The molecular formula is C63H44N6. The number of benzene rings is 10. The Kier molecular flexibility index (Phi) is 9.00. The van der Waals surface area contributed by atoms with Gasteiger partial charge in [-0.2, -0.15) is 0 Å². The van der Waals surface area contributed by atoms with E-state index in [0.717, 1.165) is 83.5 Å². The molecule has 0 fully saturated rings. The largest absolute Gasteiger partial charge is 0.336 e. The molecule has 0 radical (unpaired) electrons. The van der Waals surface area contributed by atoms with Crippen LogP contribution >= 0.6 is 0 Å². The predicted molar refractivity (Wildman–Crippen MR) is 286 cm³/mol. The third-order valence-corrected chi connectivity index (χ3v) is 14.1. The zero-order chi connectivity index (χ0) is 45.4. The minimum Gasteiger partial charge on any atom is -0.336 e. The molecule has 3 aromatic heterocycles. The van der Waals surface area contributed by atoms with Gasteiger partial charge in [0.2, 0.25) is 5.96 Å². The standard InChI is InChI=1S/C63H44N6/c1-5-19-41(20-6-1)42-33-35-45(36-34-42)62-64-61(44-23-9-3-10-24-44)65-63(66-62)69-56-32-18-15-29-50(56)53-40-39-52-49-28-14-17-31-55(49)68(59(52)60(53)69)57-47(43-21-7-2-8-22-43)37-38-51-48-27-13-16-30-54(48)67(58(51)57)46-25-11-4-12-26-46/h1-40,61-62,64H,(H,65,66). The number of nitrogens with one attached hydrogen (secondary N) is 2. The molecule has 0 spiro atoms. The van der Waals surface area contributed by atoms with Crippen molar-refractivity contribution in [1.82, 2.24) is 24.3 Å². The lowest BCUT2D eigenvalue weighted by atomic mass is 10.00. The van der Waals surface area contributed by atoms with Crippen LogP contribution < -0.4 is 10.6 Å². The highest BCUT2D eigenvalue weighted by molar-refractivity contribution is 6.27. The van der Waals surface area contributed by atoms with Gasteiger partial charge in [0, 0.05) is 43.6 Å². The summed E-state index contributed by atoms with van der Waals surface area (Å²) in [6.45, 7) is 0. The first-order valence-corrected chi connectivity index (χ1v) is 23.7. The zero-order valence-electron chi connectivity index (χ0n) is 37.5. The Labute approximate surface area is 398 Å². The van der Waals surface area contributed by atoms with Gasteiger partial charge in [-0.15, -0.1) is 0 Å². The van der Waals surface area contributed by atoms with Crippen molar-refractivity contribution in [3.63, 3.8) is 0 Å². The average Bonchev–Trinajstić information content (AvgIpc) is 4.07. The van der Waals surface area contributed by atoms with Gasteiger partial charge >= 0.3 is 0 Å². The molecule has 326 valence electrons. The molecule has 6 nitrogen and oxygen atoms in total. The van der Waals surface area contributed by atoms with Crippen LogP contribution in [0.5, 0.6) is 0 Å². The second kappa shape index (κ2) is 15.8. The van der Waals surface area contributed by atoms with Crippen LogP contribution in [0.2, 0.25) is 0 Å². The van der Waals surface area contributed by atoms with Crippen LogP contribution in [0.25, 0.3) is 99.0 Å². The van der Waals surface area contributed by atoms with Crippen LogP contribution in [0, 0.1) is 0 Å². The Bertz CT molecular complexity index is 4110. The van der Waals surface area contributed by atoms with Crippen molar-refractivity contribution in [2.75, 3.05) is 0 Å². The Morgan fingerprint density at radius 1 is 0.333 bits per heavy atom. The van der Waals surface area contributed by atoms with Crippen LogP contribution in [-0.4, -0.2) is 19.7 Å². The third kappa shape index (κ3) is 6.20. The van der Waals surface area contributed by atoms with E-state index in [4.69, 9.17) is 4.99 Å². The molecule has 10 aromatic carbocycles. The van der Waals surface area contributed by atoms with Crippen molar-refractivity contribution in [2.24, 2.45) is 4.99 Å². The van der Waals surface area contributed by atoms with Gasteiger partial charge in [0.15, 0.2) is 0 Å². The van der Waals surface area contributed by atoms with Crippen LogP contribution in [0.4, 0.5) is 0 Å². The smallest absolute Gasteiger partial charge is 0.206 e. The summed E-state index contributed by atoms with van der Waals surface area (Å²) in [6.07, 6.45) is -0.587. The van der Waals surface area contributed by atoms with E-state index in [2.05, 4.69) is 267 Å². The number of hydrogen-bond donors (Lipinski definition) is 2. The van der Waals surface area contributed by atoms with Crippen molar-refractivity contribution in [1.29, 1.82) is 0 Å². The van der Waals surface area contributed by atoms with E-state index in [1.165, 1.54) is 32.7 Å². The molecular weight excluding hydrogens is 841 g/mol. The first-order valence-electron chi connectivity index (χ1n) is 23.7. The monoisotopic (exact) mass is 884 g/mol. The van der Waals surface area contributed by atoms with Crippen LogP contribution in [-0.2, 0) is 0 Å². The predicted octanol–water partition coefficient (Wildman–Crippen LogP) is 15.1. The first kappa shape index (κ1) is 39.2. The lowest BCUT2D eigenvalue weighted by Gasteiger charge is -2.32. The summed E-state index contributed by atoms with van der Waals surface area (Å²) in [4.78, 5) is 5.68. The maximum Gasteiger partial charge on any atom is 0.206 e. The van der Waals surface area contributed by atoms with E-state index in [0.29, 0.717) is 0 Å². The second-order valence-electron chi connectivity index (χ2n) is 18.0. The topological polar surface area (TPSA) is 51.2 Å². The van der Waals surface area contributed by atoms with Crippen molar-refractivity contribution >= 4 is 71.4 Å². The number of fused-ring (bicyclic) bond motifs is 10. The van der Waals surface area contributed by atoms with Gasteiger partial charge in [-0.05, 0) is 58.1 Å². The van der Waals surface area contributed by atoms with Gasteiger partial charge in [0.1, 0.15) is 12.3 Å². The Balaban J connectivity index is 1.12. The molecule has 0 saturated carbocycles. The molecule has 0 bridgehead atoms. The molecule has 0 amide bonds. The number of aliphatic imine (C=N–C) groups is 1. The fourth-order valence-electron chi connectivity index (χ4n) is 11.0. The van der Waals surface area contributed by atoms with Crippen molar-refractivity contribution < 1.29 is 0 Å². The SMILES string of the molecule is c1ccc(-c2ccc(C3N=C(n4c5ccccc5c5ccc6c7ccccc7n(-c7c(-c8ccccc8)ccc8c9ccccc9n(-c9ccccc9)c78)c6c54)NC(c4ccccc4)N3)cc2)cc1. The van der Waals surface area contributed by atoms with Crippen LogP contribution in [0.15, 0.2) is 248 Å². The molecule has 1 aliphatic rings. The van der Waals surface area contributed by atoms with E-state index in [1.54, 1.807) is 0 Å². The van der Waals surface area contributed by atoms with Crippen LogP contribution in [0.1, 0.15) is 23.5 Å². The normalized spacial score (nSPS) is 15.1. The van der Waals surface area contributed by atoms with Crippen molar-refractivity contribution in [3.8, 4) is 33.6 Å². The molecule has 1 aliphatic heterocycles. The summed E-state index contributed by atoms with van der Waals surface area (Å²) >= 11 is 0. The Hall–Kier alpha value is -8.97. The van der Waals surface area contributed by atoms with Gasteiger partial charge < -0.3 is 14.5 Å². The summed E-state index contributed by atoms with van der Waals surface area (Å²) in [5, 5.41) is 14.9. The maximum atomic E-state index is 5.68. The van der Waals surface area contributed by atoms with E-state index in [9.17, 15) is 0 Å². The first-order chi connectivity index (χ1) is 34.3. The van der Waals surface area contributed by atoms with Crippen molar-refractivity contribution in [3.05, 3.63) is 254 Å². The Morgan fingerprint density at radius 3 is 1.42 bits per heavy atom. The number of rotatable bonds is 6. The minimum atomic E-state index is -0.349. The molecule has 2 unspecified atom stereocenters. The second-order valence-corrected chi connectivity index (χ2v) is 18.0. The molecule has 0 saturated heterocycles. The molecule has 69 heavy (non-hydrogen) atoms. The van der Waals surface area contributed by atoms with Gasteiger partial charge in [-0.25, -0.2) is 4.99 Å². The highest BCUT2D eigenvalue weighted by Gasteiger charge is 2.31. The lowest BCUT2D eigenvalue weighted by molar-refractivity contribution is 0.403. The molecule has 14 rings (SSSR count). The molecule has 2 N–H and O–H groups in total.